The number of nitrogens with zero attached hydrogens (tertiary/aromatic N) is 1. The van der Waals surface area contributed by atoms with Gasteiger partial charge in [-0.05, 0) is 47.7 Å². The molecule has 0 unspecified atom stereocenters. The molecule has 1 aliphatic heterocycles. The zero-order chi connectivity index (χ0) is 13.1. The third kappa shape index (κ3) is 2.82. The van der Waals surface area contributed by atoms with Gasteiger partial charge in [-0.1, -0.05) is 6.07 Å². The molecule has 1 aromatic carbocycles. The van der Waals surface area contributed by atoms with Gasteiger partial charge >= 0.3 is 5.97 Å². The molecule has 1 fully saturated rings. The second-order valence-corrected chi connectivity index (χ2v) is 5.38. The van der Waals surface area contributed by atoms with Crippen LogP contribution in [0, 0.1) is 9.49 Å². The van der Waals surface area contributed by atoms with Gasteiger partial charge in [0.15, 0.2) is 0 Å². The highest BCUT2D eigenvalue weighted by molar-refractivity contribution is 14.1. The average molecular weight is 359 g/mol. The highest BCUT2D eigenvalue weighted by atomic mass is 127. The van der Waals surface area contributed by atoms with Crippen LogP contribution in [0.2, 0.25) is 0 Å². The number of hydrogen-bond acceptors (Lipinski definition) is 3. The van der Waals surface area contributed by atoms with Gasteiger partial charge in [0.2, 0.25) is 5.91 Å². The molecule has 0 saturated carbocycles. The second kappa shape index (κ2) is 5.69. The summed E-state index contributed by atoms with van der Waals surface area (Å²) in [6, 6.07) is 7.69. The molecule has 0 radical (unpaired) electrons. The van der Waals surface area contributed by atoms with Gasteiger partial charge in [-0.25, -0.2) is 0 Å². The van der Waals surface area contributed by atoms with Crippen LogP contribution in [0.25, 0.3) is 0 Å². The maximum atomic E-state index is 11.9. The van der Waals surface area contributed by atoms with Crippen molar-refractivity contribution < 1.29 is 14.3 Å². The molecular weight excluding hydrogens is 345 g/mol. The van der Waals surface area contributed by atoms with Crippen LogP contribution in [0.4, 0.5) is 5.69 Å². The van der Waals surface area contributed by atoms with E-state index >= 15 is 0 Å². The molecule has 96 valence electrons. The molecule has 0 aliphatic carbocycles. The second-order valence-electron chi connectivity index (χ2n) is 4.14. The first-order valence-electron chi connectivity index (χ1n) is 5.84. The summed E-state index contributed by atoms with van der Waals surface area (Å²) in [5, 5.41) is 0. The first kappa shape index (κ1) is 13.3. The van der Waals surface area contributed by atoms with Gasteiger partial charge in [0.25, 0.3) is 0 Å². The zero-order valence-corrected chi connectivity index (χ0v) is 12.2. The largest absolute Gasteiger partial charge is 0.466 e. The predicted molar refractivity (Wildman–Crippen MR) is 76.3 cm³/mol. The molecule has 1 aromatic rings. The number of halogens is 1. The fraction of sp³-hybridized carbons (Fsp3) is 0.385. The highest BCUT2D eigenvalue weighted by Crippen LogP contribution is 2.26. The molecule has 18 heavy (non-hydrogen) atoms. The Hall–Kier alpha value is -1.11. The van der Waals surface area contributed by atoms with Crippen LogP contribution in [0.15, 0.2) is 24.3 Å². The molecule has 0 N–H and O–H groups in total. The van der Waals surface area contributed by atoms with Crippen LogP contribution in [0.1, 0.15) is 13.3 Å². The van der Waals surface area contributed by atoms with Crippen LogP contribution < -0.4 is 4.90 Å². The quantitative estimate of drug-likeness (QED) is 0.614. The summed E-state index contributed by atoms with van der Waals surface area (Å²) < 4.78 is 6.03. The zero-order valence-electron chi connectivity index (χ0n) is 10.1. The van der Waals surface area contributed by atoms with Crippen molar-refractivity contribution in [1.29, 1.82) is 0 Å². The Morgan fingerprint density at radius 3 is 3.00 bits per heavy atom. The number of ether oxygens (including phenoxy) is 1. The number of benzene rings is 1. The van der Waals surface area contributed by atoms with Gasteiger partial charge in [-0.2, -0.15) is 0 Å². The van der Waals surface area contributed by atoms with E-state index < -0.39 is 0 Å². The van der Waals surface area contributed by atoms with Gasteiger partial charge in [0.05, 0.1) is 12.5 Å². The molecule has 1 atom stereocenters. The highest BCUT2D eigenvalue weighted by Gasteiger charge is 2.35. The van der Waals surface area contributed by atoms with Crippen molar-refractivity contribution >= 4 is 40.2 Å². The van der Waals surface area contributed by atoms with Crippen LogP contribution in [-0.4, -0.2) is 25.0 Å². The van der Waals surface area contributed by atoms with Crippen molar-refractivity contribution in [1.82, 2.24) is 0 Å². The molecule has 4 nitrogen and oxygen atoms in total. The third-order valence-electron chi connectivity index (χ3n) is 2.86. The fourth-order valence-electron chi connectivity index (χ4n) is 2.02. The summed E-state index contributed by atoms with van der Waals surface area (Å²) >= 11 is 2.20. The van der Waals surface area contributed by atoms with Crippen LogP contribution in [0.5, 0.6) is 0 Å². The number of esters is 1. The van der Waals surface area contributed by atoms with Gasteiger partial charge in [0.1, 0.15) is 0 Å². The van der Waals surface area contributed by atoms with E-state index in [1.54, 1.807) is 11.8 Å². The minimum Gasteiger partial charge on any atom is -0.466 e. The molecule has 0 bridgehead atoms. The lowest BCUT2D eigenvalue weighted by Gasteiger charge is -2.16. The maximum absolute atomic E-state index is 11.9. The van der Waals surface area contributed by atoms with Gasteiger partial charge in [-0.3, -0.25) is 9.59 Å². The van der Waals surface area contributed by atoms with E-state index in [1.165, 1.54) is 0 Å². The molecule has 5 heteroatoms. The lowest BCUT2D eigenvalue weighted by atomic mass is 10.1. The van der Waals surface area contributed by atoms with E-state index in [0.717, 1.165) is 9.26 Å². The van der Waals surface area contributed by atoms with E-state index in [9.17, 15) is 9.59 Å². The molecule has 1 amide bonds. The summed E-state index contributed by atoms with van der Waals surface area (Å²) in [6.07, 6.45) is 0.240. The minimum absolute atomic E-state index is 0.0185. The van der Waals surface area contributed by atoms with Gasteiger partial charge < -0.3 is 9.64 Å². The first-order chi connectivity index (χ1) is 8.61. The van der Waals surface area contributed by atoms with Gasteiger partial charge in [-0.15, -0.1) is 0 Å². The van der Waals surface area contributed by atoms with E-state index in [-0.39, 0.29) is 24.2 Å². The molecule has 0 spiro atoms. The standard InChI is InChI=1S/C13H14INO3/c1-2-18-13(17)9-6-12(16)15(8-9)11-5-3-4-10(14)7-11/h3-5,7,9H,2,6,8H2,1H3/t9-/m0/s1. The number of carbonyl (C=O) groups is 2. The van der Waals surface area contributed by atoms with Crippen molar-refractivity contribution in [2.24, 2.45) is 5.92 Å². The summed E-state index contributed by atoms with van der Waals surface area (Å²) in [5.41, 5.74) is 0.846. The molecule has 0 aromatic heterocycles. The average Bonchev–Trinajstić information content (AvgIpc) is 2.72. The Labute approximate surface area is 119 Å². The summed E-state index contributed by atoms with van der Waals surface area (Å²) in [7, 11) is 0. The maximum Gasteiger partial charge on any atom is 0.311 e. The minimum atomic E-state index is -0.338. The topological polar surface area (TPSA) is 46.6 Å². The molecular formula is C13H14INO3. The Bertz CT molecular complexity index is 475. The van der Waals surface area contributed by atoms with E-state index in [0.29, 0.717) is 13.2 Å². The molecule has 1 saturated heterocycles. The monoisotopic (exact) mass is 359 g/mol. The molecule has 2 rings (SSSR count). The van der Waals surface area contributed by atoms with Crippen LogP contribution >= 0.6 is 22.6 Å². The predicted octanol–water partition coefficient (Wildman–Crippen LogP) is 2.21. The number of hydrogen-bond donors (Lipinski definition) is 0. The van der Waals surface area contributed by atoms with E-state index in [2.05, 4.69) is 22.6 Å². The van der Waals surface area contributed by atoms with Crippen molar-refractivity contribution in [3.63, 3.8) is 0 Å². The number of carbonyl (C=O) groups excluding carboxylic acids is 2. The lowest BCUT2D eigenvalue weighted by molar-refractivity contribution is -0.147. The molecule has 1 heterocycles. The van der Waals surface area contributed by atoms with E-state index in [4.69, 9.17) is 4.74 Å². The van der Waals surface area contributed by atoms with E-state index in [1.807, 2.05) is 24.3 Å². The first-order valence-corrected chi connectivity index (χ1v) is 6.92. The summed E-state index contributed by atoms with van der Waals surface area (Å²) in [5.74, 6) is -0.635. The van der Waals surface area contributed by atoms with Crippen molar-refractivity contribution in [2.45, 2.75) is 13.3 Å². The third-order valence-corrected chi connectivity index (χ3v) is 3.54. The Morgan fingerprint density at radius 2 is 2.33 bits per heavy atom. The number of anilines is 1. The normalized spacial score (nSPS) is 19.1. The summed E-state index contributed by atoms with van der Waals surface area (Å²) in [6.45, 7) is 2.54. The van der Waals surface area contributed by atoms with Crippen LogP contribution in [0.3, 0.4) is 0 Å². The Balaban J connectivity index is 2.12. The Kier molecular flexibility index (Phi) is 4.21. The Morgan fingerprint density at radius 1 is 1.56 bits per heavy atom. The number of rotatable bonds is 3. The smallest absolute Gasteiger partial charge is 0.311 e. The number of amides is 1. The van der Waals surface area contributed by atoms with Crippen molar-refractivity contribution in [2.75, 3.05) is 18.1 Å². The SMILES string of the molecule is CCOC(=O)[C@H]1CC(=O)N(c2cccc(I)c2)C1. The molecule has 1 aliphatic rings. The van der Waals surface area contributed by atoms with Crippen LogP contribution in [-0.2, 0) is 14.3 Å². The lowest BCUT2D eigenvalue weighted by Crippen LogP contribution is -2.26. The van der Waals surface area contributed by atoms with Gasteiger partial charge in [0, 0.05) is 22.2 Å². The van der Waals surface area contributed by atoms with Crippen molar-refractivity contribution in [3.05, 3.63) is 27.8 Å². The summed E-state index contributed by atoms with van der Waals surface area (Å²) in [4.78, 5) is 25.2. The fourth-order valence-corrected chi connectivity index (χ4v) is 2.55. The van der Waals surface area contributed by atoms with Crippen molar-refractivity contribution in [3.8, 4) is 0 Å².